The van der Waals surface area contributed by atoms with Gasteiger partial charge in [0.05, 0.1) is 0 Å². The van der Waals surface area contributed by atoms with Crippen LogP contribution in [0.1, 0.15) is 61.3 Å². The fourth-order valence-corrected chi connectivity index (χ4v) is 4.76. The van der Waals surface area contributed by atoms with Crippen molar-refractivity contribution < 1.29 is 19.1 Å². The van der Waals surface area contributed by atoms with Gasteiger partial charge in [0.25, 0.3) is 0 Å². The smallest absolute Gasteiger partial charge is 0.410 e. The lowest BCUT2D eigenvalue weighted by atomic mass is 9.79. The van der Waals surface area contributed by atoms with E-state index in [-0.39, 0.29) is 35.7 Å². The molecular formula is C22H37N3O4. The van der Waals surface area contributed by atoms with Crippen LogP contribution in [0.25, 0.3) is 0 Å². The number of fused-ring (bicyclic) bond motifs is 1. The first-order valence-electron chi connectivity index (χ1n) is 10.4. The van der Waals surface area contributed by atoms with Gasteiger partial charge >= 0.3 is 6.09 Å². The van der Waals surface area contributed by atoms with Gasteiger partial charge < -0.3 is 20.3 Å². The summed E-state index contributed by atoms with van der Waals surface area (Å²) in [5, 5.41) is 6.05. The largest absolute Gasteiger partial charge is 0.444 e. The number of rotatable bonds is 4. The molecule has 2 aliphatic rings. The molecule has 7 nitrogen and oxygen atoms in total. The first-order chi connectivity index (χ1) is 13.2. The van der Waals surface area contributed by atoms with Crippen molar-refractivity contribution in [3.8, 4) is 0 Å². The maximum absolute atomic E-state index is 13.4. The fraction of sp³-hybridized carbons (Fsp3) is 0.773. The van der Waals surface area contributed by atoms with Crippen LogP contribution >= 0.6 is 0 Å². The average molecular weight is 408 g/mol. The highest BCUT2D eigenvalue weighted by Crippen LogP contribution is 2.50. The third-order valence-corrected chi connectivity index (χ3v) is 5.59. The molecule has 0 bridgehead atoms. The zero-order valence-electron chi connectivity index (χ0n) is 18.9. The van der Waals surface area contributed by atoms with Crippen LogP contribution < -0.4 is 10.6 Å². The highest BCUT2D eigenvalue weighted by atomic mass is 16.6. The summed E-state index contributed by atoms with van der Waals surface area (Å²) in [6, 6.07) is 0. The zero-order chi connectivity index (χ0) is 22.2. The van der Waals surface area contributed by atoms with Crippen molar-refractivity contribution >= 4 is 17.9 Å². The Morgan fingerprint density at radius 3 is 2.28 bits per heavy atom. The quantitative estimate of drug-likeness (QED) is 0.702. The summed E-state index contributed by atoms with van der Waals surface area (Å²) in [5.74, 6) is -0.316. The number of amides is 3. The summed E-state index contributed by atoms with van der Waals surface area (Å²) in [4.78, 5) is 39.7. The molecule has 7 heteroatoms. The Bertz CT molecular complexity index is 677. The van der Waals surface area contributed by atoms with Gasteiger partial charge in [0.15, 0.2) is 0 Å². The molecule has 0 aromatic carbocycles. The Balaban J connectivity index is 2.30. The third kappa shape index (κ3) is 5.31. The van der Waals surface area contributed by atoms with Gasteiger partial charge in [-0.25, -0.2) is 4.79 Å². The molecule has 3 amide bonds. The van der Waals surface area contributed by atoms with E-state index in [2.05, 4.69) is 17.2 Å². The molecule has 2 N–H and O–H groups in total. The zero-order valence-corrected chi connectivity index (χ0v) is 18.9. The number of nitrogens with zero attached hydrogens (tertiary/aromatic N) is 1. The minimum absolute atomic E-state index is 0.0955. The normalized spacial score (nSPS) is 29.2. The van der Waals surface area contributed by atoms with Crippen molar-refractivity contribution in [3.05, 3.63) is 12.7 Å². The molecule has 1 saturated carbocycles. The van der Waals surface area contributed by atoms with E-state index in [4.69, 9.17) is 4.74 Å². The number of likely N-dealkylation sites (tertiary alicyclic amines) is 1. The van der Waals surface area contributed by atoms with Gasteiger partial charge in [-0.3, -0.25) is 9.59 Å². The Morgan fingerprint density at radius 1 is 1.17 bits per heavy atom. The van der Waals surface area contributed by atoms with Gasteiger partial charge in [0.1, 0.15) is 11.1 Å². The SMILES string of the molecule is C=CCC1[C@@H]2CN(C(=O)OC(C)(C)C)C[C@@H]2C[C@]1(NC(C)=O)C(=O)NC(C)(C)C. The van der Waals surface area contributed by atoms with E-state index >= 15 is 0 Å². The number of hydrogen-bond donors (Lipinski definition) is 2. The molecule has 1 aliphatic carbocycles. The van der Waals surface area contributed by atoms with Crippen molar-refractivity contribution in [2.24, 2.45) is 17.8 Å². The minimum Gasteiger partial charge on any atom is -0.444 e. The third-order valence-electron chi connectivity index (χ3n) is 5.59. The lowest BCUT2D eigenvalue weighted by Crippen LogP contribution is -2.64. The number of allylic oxidation sites excluding steroid dienone is 1. The minimum atomic E-state index is -0.997. The van der Waals surface area contributed by atoms with Crippen LogP contribution in [0.5, 0.6) is 0 Å². The Hall–Kier alpha value is -2.05. The number of ether oxygens (including phenoxy) is 1. The van der Waals surface area contributed by atoms with Crippen LogP contribution in [0.15, 0.2) is 12.7 Å². The molecule has 1 unspecified atom stereocenters. The molecule has 1 saturated heterocycles. The summed E-state index contributed by atoms with van der Waals surface area (Å²) in [6.45, 7) is 17.7. The van der Waals surface area contributed by atoms with E-state index < -0.39 is 16.7 Å². The number of carbonyl (C=O) groups is 3. The topological polar surface area (TPSA) is 87.7 Å². The first kappa shape index (κ1) is 23.2. The lowest BCUT2D eigenvalue weighted by molar-refractivity contribution is -0.136. The second-order valence-corrected chi connectivity index (χ2v) is 10.5. The molecule has 0 radical (unpaired) electrons. The maximum Gasteiger partial charge on any atom is 0.410 e. The number of carbonyl (C=O) groups excluding carboxylic acids is 3. The second-order valence-electron chi connectivity index (χ2n) is 10.5. The predicted octanol–water partition coefficient (Wildman–Crippen LogP) is 2.86. The van der Waals surface area contributed by atoms with Gasteiger partial charge in [0.2, 0.25) is 11.8 Å². The molecule has 4 atom stereocenters. The van der Waals surface area contributed by atoms with Crippen LogP contribution in [0.3, 0.4) is 0 Å². The van der Waals surface area contributed by atoms with Gasteiger partial charge in [-0.15, -0.1) is 6.58 Å². The van der Waals surface area contributed by atoms with E-state index in [0.29, 0.717) is 25.9 Å². The first-order valence-corrected chi connectivity index (χ1v) is 10.4. The fourth-order valence-electron chi connectivity index (χ4n) is 4.76. The molecule has 1 aliphatic heterocycles. The average Bonchev–Trinajstić information content (AvgIpc) is 3.02. The molecule has 0 spiro atoms. The predicted molar refractivity (Wildman–Crippen MR) is 112 cm³/mol. The molecule has 29 heavy (non-hydrogen) atoms. The van der Waals surface area contributed by atoms with Crippen LogP contribution in [0, 0.1) is 17.8 Å². The summed E-state index contributed by atoms with van der Waals surface area (Å²) < 4.78 is 5.53. The molecule has 164 valence electrons. The standard InChI is InChI=1S/C22H37N3O4/c1-9-10-17-16-13-25(19(28)29-21(6,7)8)12-15(16)11-22(17,23-14(2)26)18(27)24-20(3,4)5/h9,15-17H,1,10-13H2,2-8H3,(H,23,26)(H,24,27)/t15-,16+,17?,22+/m0/s1. The molecule has 0 aromatic rings. The summed E-state index contributed by atoms with van der Waals surface area (Å²) in [6.07, 6.45) is 2.55. The van der Waals surface area contributed by atoms with Crippen molar-refractivity contribution in [3.63, 3.8) is 0 Å². The Kier molecular flexibility index (Phi) is 6.40. The van der Waals surface area contributed by atoms with E-state index in [9.17, 15) is 14.4 Å². The monoisotopic (exact) mass is 407 g/mol. The van der Waals surface area contributed by atoms with E-state index in [1.165, 1.54) is 6.92 Å². The van der Waals surface area contributed by atoms with E-state index in [1.54, 1.807) is 11.0 Å². The van der Waals surface area contributed by atoms with Crippen molar-refractivity contribution in [1.82, 2.24) is 15.5 Å². The van der Waals surface area contributed by atoms with Gasteiger partial charge in [0, 0.05) is 25.6 Å². The van der Waals surface area contributed by atoms with E-state index in [0.717, 1.165) is 0 Å². The molecule has 2 fully saturated rings. The van der Waals surface area contributed by atoms with Gasteiger partial charge in [-0.05, 0) is 72.1 Å². The second kappa shape index (κ2) is 8.00. The van der Waals surface area contributed by atoms with Crippen LogP contribution in [0.2, 0.25) is 0 Å². The van der Waals surface area contributed by atoms with Crippen molar-refractivity contribution in [2.45, 2.75) is 78.0 Å². The molecule has 2 rings (SSSR count). The number of nitrogens with one attached hydrogen (secondary N) is 2. The molecular weight excluding hydrogens is 370 g/mol. The Morgan fingerprint density at radius 2 is 1.79 bits per heavy atom. The summed E-state index contributed by atoms with van der Waals surface area (Å²) in [5.41, 5.74) is -1.97. The summed E-state index contributed by atoms with van der Waals surface area (Å²) >= 11 is 0. The maximum atomic E-state index is 13.4. The number of hydrogen-bond acceptors (Lipinski definition) is 4. The summed E-state index contributed by atoms with van der Waals surface area (Å²) in [7, 11) is 0. The molecule has 1 heterocycles. The van der Waals surface area contributed by atoms with E-state index in [1.807, 2.05) is 41.5 Å². The van der Waals surface area contributed by atoms with Crippen LogP contribution in [-0.2, 0) is 14.3 Å². The highest BCUT2D eigenvalue weighted by Gasteiger charge is 2.60. The van der Waals surface area contributed by atoms with Gasteiger partial charge in [-0.1, -0.05) is 6.08 Å². The van der Waals surface area contributed by atoms with Crippen molar-refractivity contribution in [1.29, 1.82) is 0 Å². The lowest BCUT2D eigenvalue weighted by Gasteiger charge is -2.39. The Labute approximate surface area is 174 Å². The van der Waals surface area contributed by atoms with Crippen LogP contribution in [0.4, 0.5) is 4.79 Å². The van der Waals surface area contributed by atoms with Crippen molar-refractivity contribution in [2.75, 3.05) is 13.1 Å². The van der Waals surface area contributed by atoms with Crippen LogP contribution in [-0.4, -0.2) is 52.6 Å². The van der Waals surface area contributed by atoms with Gasteiger partial charge in [-0.2, -0.15) is 0 Å². The highest BCUT2D eigenvalue weighted by molar-refractivity contribution is 5.92. The molecule has 0 aromatic heterocycles.